The molecule has 1 aromatic carbocycles. The highest BCUT2D eigenvalue weighted by molar-refractivity contribution is 5.89. The number of carbonyl (C=O) groups excluding carboxylic acids is 1. The van der Waals surface area contributed by atoms with Gasteiger partial charge in [0.25, 0.3) is 0 Å². The van der Waals surface area contributed by atoms with E-state index in [2.05, 4.69) is 15.8 Å². The Kier molecular flexibility index (Phi) is 6.21. The number of nitrogens with one attached hydrogen (secondary N) is 2. The SMILES string of the molecule is Cc1cccc(NC(=O)NCCCCC(N)=NO)c1. The molecule has 1 rings (SSSR count). The molecule has 0 saturated heterocycles. The van der Waals surface area contributed by atoms with Gasteiger partial charge >= 0.3 is 6.03 Å². The van der Waals surface area contributed by atoms with Gasteiger partial charge in [0.2, 0.25) is 0 Å². The fraction of sp³-hybridized carbons (Fsp3) is 0.385. The van der Waals surface area contributed by atoms with E-state index in [1.54, 1.807) is 0 Å². The molecular weight excluding hydrogens is 244 g/mol. The summed E-state index contributed by atoms with van der Waals surface area (Å²) < 4.78 is 0. The Morgan fingerprint density at radius 1 is 1.42 bits per heavy atom. The van der Waals surface area contributed by atoms with Crippen LogP contribution in [0, 0.1) is 6.92 Å². The summed E-state index contributed by atoms with van der Waals surface area (Å²) in [5.74, 6) is 0.212. The van der Waals surface area contributed by atoms with Crippen molar-refractivity contribution in [3.63, 3.8) is 0 Å². The lowest BCUT2D eigenvalue weighted by Gasteiger charge is -2.08. The van der Waals surface area contributed by atoms with E-state index in [9.17, 15) is 4.79 Å². The zero-order valence-electron chi connectivity index (χ0n) is 11.0. The third-order valence-electron chi connectivity index (χ3n) is 2.55. The largest absolute Gasteiger partial charge is 0.409 e. The average Bonchev–Trinajstić information content (AvgIpc) is 2.38. The fourth-order valence-corrected chi connectivity index (χ4v) is 1.58. The molecule has 0 aliphatic rings. The van der Waals surface area contributed by atoms with Crippen molar-refractivity contribution < 1.29 is 10.0 Å². The zero-order chi connectivity index (χ0) is 14.1. The topological polar surface area (TPSA) is 99.7 Å². The third kappa shape index (κ3) is 6.30. The van der Waals surface area contributed by atoms with Crippen molar-refractivity contribution >= 4 is 17.6 Å². The number of rotatable bonds is 6. The van der Waals surface area contributed by atoms with Gasteiger partial charge in [-0.3, -0.25) is 0 Å². The van der Waals surface area contributed by atoms with Crippen molar-refractivity contribution in [3.8, 4) is 0 Å². The first-order chi connectivity index (χ1) is 9.11. The van der Waals surface area contributed by atoms with E-state index in [0.717, 1.165) is 24.1 Å². The van der Waals surface area contributed by atoms with Crippen LogP contribution in [-0.4, -0.2) is 23.6 Å². The number of amidine groups is 1. The van der Waals surface area contributed by atoms with Gasteiger partial charge in [-0.25, -0.2) is 4.79 Å². The van der Waals surface area contributed by atoms with E-state index in [1.807, 2.05) is 31.2 Å². The van der Waals surface area contributed by atoms with Crippen LogP contribution in [0.5, 0.6) is 0 Å². The quantitative estimate of drug-likeness (QED) is 0.208. The van der Waals surface area contributed by atoms with Gasteiger partial charge < -0.3 is 21.6 Å². The van der Waals surface area contributed by atoms with Crippen LogP contribution >= 0.6 is 0 Å². The number of nitrogens with zero attached hydrogens (tertiary/aromatic N) is 1. The smallest absolute Gasteiger partial charge is 0.319 e. The Hall–Kier alpha value is -2.24. The van der Waals surface area contributed by atoms with Crippen LogP contribution in [0.25, 0.3) is 0 Å². The molecule has 0 bridgehead atoms. The van der Waals surface area contributed by atoms with Crippen LogP contribution in [-0.2, 0) is 0 Å². The lowest BCUT2D eigenvalue weighted by molar-refractivity contribution is 0.252. The molecule has 0 spiro atoms. The normalized spacial score (nSPS) is 11.1. The van der Waals surface area contributed by atoms with E-state index < -0.39 is 0 Å². The minimum atomic E-state index is -0.227. The number of benzene rings is 1. The van der Waals surface area contributed by atoms with E-state index in [0.29, 0.717) is 13.0 Å². The molecule has 19 heavy (non-hydrogen) atoms. The van der Waals surface area contributed by atoms with Gasteiger partial charge in [-0.2, -0.15) is 0 Å². The molecule has 0 aliphatic carbocycles. The number of nitrogens with two attached hydrogens (primary N) is 1. The molecule has 0 fully saturated rings. The van der Waals surface area contributed by atoms with E-state index in [1.165, 1.54) is 0 Å². The maximum Gasteiger partial charge on any atom is 0.319 e. The minimum Gasteiger partial charge on any atom is -0.409 e. The van der Waals surface area contributed by atoms with Crippen LogP contribution < -0.4 is 16.4 Å². The summed E-state index contributed by atoms with van der Waals surface area (Å²) in [6, 6.07) is 7.37. The van der Waals surface area contributed by atoms with Crippen molar-refractivity contribution in [2.24, 2.45) is 10.9 Å². The number of hydrogen-bond acceptors (Lipinski definition) is 3. The number of urea groups is 1. The van der Waals surface area contributed by atoms with E-state index in [4.69, 9.17) is 10.9 Å². The first kappa shape index (κ1) is 14.8. The van der Waals surface area contributed by atoms with Crippen molar-refractivity contribution in [2.75, 3.05) is 11.9 Å². The molecule has 0 unspecified atom stereocenters. The second-order valence-electron chi connectivity index (χ2n) is 4.30. The number of oxime groups is 1. The lowest BCUT2D eigenvalue weighted by Crippen LogP contribution is -2.29. The number of carbonyl (C=O) groups is 1. The Labute approximate surface area is 112 Å². The molecule has 0 heterocycles. The predicted molar refractivity (Wildman–Crippen MR) is 75.5 cm³/mol. The molecule has 0 atom stereocenters. The van der Waals surface area contributed by atoms with E-state index in [-0.39, 0.29) is 11.9 Å². The van der Waals surface area contributed by atoms with Crippen molar-refractivity contribution in [2.45, 2.75) is 26.2 Å². The summed E-state index contributed by atoms with van der Waals surface area (Å²) in [6.07, 6.45) is 2.07. The Morgan fingerprint density at radius 3 is 2.89 bits per heavy atom. The standard InChI is InChI=1S/C13H20N4O2/c1-10-5-4-6-11(9-10)16-13(18)15-8-3-2-7-12(14)17-19/h4-6,9,19H,2-3,7-8H2,1H3,(H2,14,17)(H2,15,16,18). The zero-order valence-corrected chi connectivity index (χ0v) is 11.0. The molecule has 0 aliphatic heterocycles. The first-order valence-electron chi connectivity index (χ1n) is 6.19. The number of anilines is 1. The summed E-state index contributed by atoms with van der Waals surface area (Å²) in [7, 11) is 0. The second kappa shape index (κ2) is 7.97. The predicted octanol–water partition coefficient (Wildman–Crippen LogP) is 2.03. The van der Waals surface area contributed by atoms with Gasteiger partial charge in [0.15, 0.2) is 0 Å². The highest BCUT2D eigenvalue weighted by Crippen LogP contribution is 2.08. The number of aryl methyl sites for hydroxylation is 1. The number of amides is 2. The summed E-state index contributed by atoms with van der Waals surface area (Å²) >= 11 is 0. The van der Waals surface area contributed by atoms with Crippen LogP contribution in [0.15, 0.2) is 29.4 Å². The van der Waals surface area contributed by atoms with Crippen LogP contribution in [0.2, 0.25) is 0 Å². The van der Waals surface area contributed by atoms with Crippen molar-refractivity contribution in [1.29, 1.82) is 0 Å². The summed E-state index contributed by atoms with van der Waals surface area (Å²) in [4.78, 5) is 11.6. The van der Waals surface area contributed by atoms with Gasteiger partial charge in [0.05, 0.1) is 0 Å². The van der Waals surface area contributed by atoms with Gasteiger partial charge in [-0.05, 0) is 37.5 Å². The molecule has 6 nitrogen and oxygen atoms in total. The average molecular weight is 264 g/mol. The maximum absolute atomic E-state index is 11.6. The van der Waals surface area contributed by atoms with Gasteiger partial charge in [0, 0.05) is 18.7 Å². The molecule has 0 saturated carbocycles. The molecule has 0 radical (unpaired) electrons. The highest BCUT2D eigenvalue weighted by atomic mass is 16.4. The highest BCUT2D eigenvalue weighted by Gasteiger charge is 2.01. The molecule has 1 aromatic rings. The molecule has 0 aromatic heterocycles. The maximum atomic E-state index is 11.6. The number of hydrogen-bond donors (Lipinski definition) is 4. The first-order valence-corrected chi connectivity index (χ1v) is 6.19. The van der Waals surface area contributed by atoms with Crippen LogP contribution in [0.4, 0.5) is 10.5 Å². The fourth-order valence-electron chi connectivity index (χ4n) is 1.58. The van der Waals surface area contributed by atoms with Crippen molar-refractivity contribution in [1.82, 2.24) is 5.32 Å². The van der Waals surface area contributed by atoms with Crippen LogP contribution in [0.3, 0.4) is 0 Å². The molecule has 2 amide bonds. The molecule has 104 valence electrons. The van der Waals surface area contributed by atoms with Gasteiger partial charge in [-0.15, -0.1) is 0 Å². The van der Waals surface area contributed by atoms with Gasteiger partial charge in [0.1, 0.15) is 5.84 Å². The third-order valence-corrected chi connectivity index (χ3v) is 2.55. The molecular formula is C13H20N4O2. The van der Waals surface area contributed by atoms with E-state index >= 15 is 0 Å². The molecule has 6 heteroatoms. The monoisotopic (exact) mass is 264 g/mol. The Morgan fingerprint density at radius 2 is 2.21 bits per heavy atom. The van der Waals surface area contributed by atoms with Crippen molar-refractivity contribution in [3.05, 3.63) is 29.8 Å². The Bertz CT molecular complexity index is 446. The summed E-state index contributed by atoms with van der Waals surface area (Å²) in [5.41, 5.74) is 7.20. The molecule has 5 N–H and O–H groups in total. The number of unbranched alkanes of at least 4 members (excludes halogenated alkanes) is 1. The summed E-state index contributed by atoms with van der Waals surface area (Å²) in [6.45, 7) is 2.52. The van der Waals surface area contributed by atoms with Crippen LogP contribution in [0.1, 0.15) is 24.8 Å². The Balaban J connectivity index is 2.18. The van der Waals surface area contributed by atoms with Gasteiger partial charge in [-0.1, -0.05) is 17.3 Å². The second-order valence-corrected chi connectivity index (χ2v) is 4.30. The lowest BCUT2D eigenvalue weighted by atomic mass is 10.2. The summed E-state index contributed by atoms with van der Waals surface area (Å²) in [5, 5.41) is 16.7. The minimum absolute atomic E-state index is 0.212.